The Balaban J connectivity index is 1.34. The van der Waals surface area contributed by atoms with Gasteiger partial charge in [0.05, 0.1) is 23.4 Å². The summed E-state index contributed by atoms with van der Waals surface area (Å²) in [6.45, 7) is 1.35. The van der Waals surface area contributed by atoms with E-state index >= 15 is 0 Å². The van der Waals surface area contributed by atoms with Gasteiger partial charge in [0.1, 0.15) is 0 Å². The van der Waals surface area contributed by atoms with Gasteiger partial charge in [-0.1, -0.05) is 72.8 Å². The molecule has 2 N–H and O–H groups in total. The molecule has 3 aliphatic rings. The van der Waals surface area contributed by atoms with Crippen molar-refractivity contribution in [2.45, 2.75) is 37.3 Å². The van der Waals surface area contributed by atoms with E-state index < -0.39 is 0 Å². The van der Waals surface area contributed by atoms with E-state index in [0.29, 0.717) is 12.5 Å². The minimum atomic E-state index is -0.0307. The molecule has 0 aromatic heterocycles. The Morgan fingerprint density at radius 2 is 1.75 bits per heavy atom. The Hall–Kier alpha value is -3.63. The van der Waals surface area contributed by atoms with Crippen LogP contribution in [-0.2, 0) is 4.74 Å². The standard InChI is InChI=1S/C32H30N2O2/c35-32(33-19-22-10-7-17-36-22)28-16-6-14-26-25-13-5-15-27(25)31(34-30(26)28)29-23-11-3-1-8-20(23)18-21-9-2-4-12-24(21)29/h1-6,8-9,11-14,16,18,22,25,27,31,34H,7,10,15,17,19H2,(H,33,35). The first-order valence-corrected chi connectivity index (χ1v) is 13.1. The largest absolute Gasteiger partial charge is 0.377 e. The van der Waals surface area contributed by atoms with Crippen molar-refractivity contribution >= 4 is 33.1 Å². The average molecular weight is 475 g/mol. The Bertz CT molecular complexity index is 1450. The molecule has 4 heteroatoms. The highest BCUT2D eigenvalue weighted by molar-refractivity contribution is 6.04. The van der Waals surface area contributed by atoms with Crippen molar-refractivity contribution in [3.63, 3.8) is 0 Å². The second-order valence-electron chi connectivity index (χ2n) is 10.3. The summed E-state index contributed by atoms with van der Waals surface area (Å²) in [5, 5.41) is 12.1. The first-order chi connectivity index (χ1) is 17.8. The molecule has 4 aromatic rings. The molecule has 7 rings (SSSR count). The molecule has 0 radical (unpaired) electrons. The van der Waals surface area contributed by atoms with Gasteiger partial charge in [0, 0.05) is 19.1 Å². The summed E-state index contributed by atoms with van der Waals surface area (Å²) in [7, 11) is 0. The molecular formula is C32H30N2O2. The topological polar surface area (TPSA) is 50.4 Å². The molecule has 0 bridgehead atoms. The molecule has 4 aromatic carbocycles. The van der Waals surface area contributed by atoms with Gasteiger partial charge in [-0.2, -0.15) is 0 Å². The van der Waals surface area contributed by atoms with Crippen LogP contribution < -0.4 is 10.6 Å². The van der Waals surface area contributed by atoms with Crippen LogP contribution >= 0.6 is 0 Å². The minimum absolute atomic E-state index is 0.0307. The first-order valence-electron chi connectivity index (χ1n) is 13.1. The van der Waals surface area contributed by atoms with Gasteiger partial charge >= 0.3 is 0 Å². The van der Waals surface area contributed by atoms with E-state index in [-0.39, 0.29) is 24.0 Å². The minimum Gasteiger partial charge on any atom is -0.377 e. The summed E-state index contributed by atoms with van der Waals surface area (Å²) in [5.74, 6) is 0.656. The van der Waals surface area contributed by atoms with Gasteiger partial charge in [0.15, 0.2) is 0 Å². The van der Waals surface area contributed by atoms with Gasteiger partial charge in [-0.3, -0.25) is 4.79 Å². The summed E-state index contributed by atoms with van der Waals surface area (Å²) in [4.78, 5) is 13.4. The number of carbonyl (C=O) groups excluding carboxylic acids is 1. The summed E-state index contributed by atoms with van der Waals surface area (Å²) in [6.07, 6.45) is 7.89. The van der Waals surface area contributed by atoms with Crippen molar-refractivity contribution in [2.24, 2.45) is 5.92 Å². The second kappa shape index (κ2) is 8.79. The molecule has 1 aliphatic carbocycles. The number of hydrogen-bond donors (Lipinski definition) is 2. The smallest absolute Gasteiger partial charge is 0.253 e. The predicted molar refractivity (Wildman–Crippen MR) is 146 cm³/mol. The van der Waals surface area contributed by atoms with Gasteiger partial charge in [0.25, 0.3) is 5.91 Å². The third-order valence-electron chi connectivity index (χ3n) is 8.28. The van der Waals surface area contributed by atoms with Crippen molar-refractivity contribution in [3.05, 3.63) is 102 Å². The summed E-state index contributed by atoms with van der Waals surface area (Å²) in [5.41, 5.74) is 4.25. The van der Waals surface area contributed by atoms with Gasteiger partial charge in [-0.15, -0.1) is 0 Å². The molecule has 180 valence electrons. The SMILES string of the molecule is O=C(NCC1CCCO1)c1cccc2c1NC(c1c3ccccc3cc3ccccc13)C1CC=CC21. The lowest BCUT2D eigenvalue weighted by Crippen LogP contribution is -2.34. The highest BCUT2D eigenvalue weighted by atomic mass is 16.5. The Morgan fingerprint density at radius 1 is 0.972 bits per heavy atom. The second-order valence-corrected chi connectivity index (χ2v) is 10.3. The summed E-state index contributed by atoms with van der Waals surface area (Å²) < 4.78 is 5.73. The van der Waals surface area contributed by atoms with Crippen molar-refractivity contribution in [1.29, 1.82) is 0 Å². The van der Waals surface area contributed by atoms with Gasteiger partial charge in [0.2, 0.25) is 0 Å². The van der Waals surface area contributed by atoms with Crippen LogP contribution in [0.1, 0.15) is 52.7 Å². The molecule has 1 amide bonds. The fraction of sp³-hybridized carbons (Fsp3) is 0.281. The zero-order chi connectivity index (χ0) is 24.1. The van der Waals surface area contributed by atoms with E-state index in [0.717, 1.165) is 37.1 Å². The van der Waals surface area contributed by atoms with Gasteiger partial charge in [-0.05, 0) is 70.0 Å². The number of hydrogen-bond acceptors (Lipinski definition) is 3. The Kier molecular flexibility index (Phi) is 5.28. The number of anilines is 1. The molecule has 0 saturated carbocycles. The maximum Gasteiger partial charge on any atom is 0.253 e. The molecule has 4 nitrogen and oxygen atoms in total. The van der Waals surface area contributed by atoms with Crippen LogP contribution in [0.25, 0.3) is 21.5 Å². The number of rotatable bonds is 4. The van der Waals surface area contributed by atoms with Crippen molar-refractivity contribution < 1.29 is 9.53 Å². The van der Waals surface area contributed by atoms with Crippen LogP contribution in [0.5, 0.6) is 0 Å². The number of allylic oxidation sites excluding steroid dienone is 2. The molecule has 2 heterocycles. The Labute approximate surface area is 211 Å². The zero-order valence-electron chi connectivity index (χ0n) is 20.2. The number of ether oxygens (including phenoxy) is 1. The highest BCUT2D eigenvalue weighted by Gasteiger charge is 2.40. The molecule has 4 atom stereocenters. The summed E-state index contributed by atoms with van der Waals surface area (Å²) >= 11 is 0. The number of para-hydroxylation sites is 1. The zero-order valence-corrected chi connectivity index (χ0v) is 20.2. The normalized spacial score (nSPS) is 24.4. The van der Waals surface area contributed by atoms with Gasteiger partial charge in [-0.25, -0.2) is 0 Å². The maximum atomic E-state index is 13.4. The van der Waals surface area contributed by atoms with Crippen molar-refractivity contribution in [1.82, 2.24) is 5.32 Å². The van der Waals surface area contributed by atoms with Crippen molar-refractivity contribution in [3.8, 4) is 0 Å². The molecule has 0 spiro atoms. The van der Waals surface area contributed by atoms with E-state index in [1.165, 1.54) is 32.7 Å². The quantitative estimate of drug-likeness (QED) is 0.255. The number of nitrogens with one attached hydrogen (secondary N) is 2. The van der Waals surface area contributed by atoms with E-state index in [4.69, 9.17) is 4.74 Å². The van der Waals surface area contributed by atoms with Crippen LogP contribution in [0.2, 0.25) is 0 Å². The van der Waals surface area contributed by atoms with E-state index in [2.05, 4.69) is 83.4 Å². The van der Waals surface area contributed by atoms with Crippen LogP contribution in [0.4, 0.5) is 5.69 Å². The molecule has 1 fully saturated rings. The predicted octanol–water partition coefficient (Wildman–Crippen LogP) is 6.73. The molecule has 36 heavy (non-hydrogen) atoms. The fourth-order valence-electron chi connectivity index (χ4n) is 6.59. The lowest BCUT2D eigenvalue weighted by atomic mass is 9.74. The van der Waals surface area contributed by atoms with Crippen LogP contribution in [0.15, 0.2) is 84.9 Å². The van der Waals surface area contributed by atoms with Gasteiger partial charge < -0.3 is 15.4 Å². The number of amides is 1. The number of carbonyl (C=O) groups is 1. The van der Waals surface area contributed by atoms with E-state index in [1.54, 1.807) is 0 Å². The molecule has 4 unspecified atom stereocenters. The monoisotopic (exact) mass is 474 g/mol. The molecule has 2 aliphatic heterocycles. The van der Waals surface area contributed by atoms with Crippen LogP contribution in [-0.4, -0.2) is 25.2 Å². The first kappa shape index (κ1) is 21.6. The molecule has 1 saturated heterocycles. The average Bonchev–Trinajstić information content (AvgIpc) is 3.62. The summed E-state index contributed by atoms with van der Waals surface area (Å²) in [6, 6.07) is 25.9. The lowest BCUT2D eigenvalue weighted by Gasteiger charge is -2.39. The lowest BCUT2D eigenvalue weighted by molar-refractivity contribution is 0.0858. The number of benzene rings is 4. The van der Waals surface area contributed by atoms with Crippen molar-refractivity contribution in [2.75, 3.05) is 18.5 Å². The fourth-order valence-corrected chi connectivity index (χ4v) is 6.59. The third kappa shape index (κ3) is 3.51. The highest BCUT2D eigenvalue weighted by Crippen LogP contribution is 2.52. The van der Waals surface area contributed by atoms with E-state index in [9.17, 15) is 4.79 Å². The Morgan fingerprint density at radius 3 is 2.50 bits per heavy atom. The maximum absolute atomic E-state index is 13.4. The molecular weight excluding hydrogens is 444 g/mol. The van der Waals surface area contributed by atoms with Crippen LogP contribution in [0, 0.1) is 5.92 Å². The third-order valence-corrected chi connectivity index (χ3v) is 8.28. The van der Waals surface area contributed by atoms with Crippen LogP contribution in [0.3, 0.4) is 0 Å². The number of fused-ring (bicyclic) bond motifs is 5. The van der Waals surface area contributed by atoms with E-state index in [1.807, 2.05) is 12.1 Å².